The van der Waals surface area contributed by atoms with Gasteiger partial charge in [0.15, 0.2) is 11.0 Å². The Bertz CT molecular complexity index is 1610. The SMILES string of the molecule is COC(=O)/C(=C(/O)CSc1nnc(-c2ccccc2OC)n1-c1ccc(Cl)cc1)c1nc2ccccc2[nH]1. The number of benzene rings is 3. The topological polar surface area (TPSA) is 115 Å². The molecule has 0 amide bonds. The number of thioether (sulfide) groups is 1. The first-order chi connectivity index (χ1) is 18.5. The van der Waals surface area contributed by atoms with E-state index in [4.69, 9.17) is 21.1 Å². The number of aliphatic hydroxyl groups excluding tert-OH is 1. The van der Waals surface area contributed by atoms with E-state index in [1.165, 1.54) is 18.9 Å². The number of aromatic nitrogens is 5. The number of hydrogen-bond acceptors (Lipinski definition) is 8. The molecule has 0 saturated heterocycles. The van der Waals surface area contributed by atoms with Gasteiger partial charge in [-0.1, -0.05) is 47.6 Å². The molecule has 0 fully saturated rings. The summed E-state index contributed by atoms with van der Waals surface area (Å²) in [5.74, 6) is 0.457. The molecule has 0 aliphatic rings. The van der Waals surface area contributed by atoms with E-state index in [1.54, 1.807) is 19.2 Å². The fraction of sp³-hybridized carbons (Fsp3) is 0.111. The van der Waals surface area contributed by atoms with Crippen LogP contribution in [0.2, 0.25) is 5.02 Å². The molecule has 0 spiro atoms. The second-order valence-electron chi connectivity index (χ2n) is 8.02. The lowest BCUT2D eigenvalue weighted by atomic mass is 10.2. The van der Waals surface area contributed by atoms with E-state index in [0.717, 1.165) is 16.8 Å². The van der Waals surface area contributed by atoms with E-state index >= 15 is 0 Å². The number of ether oxygens (including phenoxy) is 2. The summed E-state index contributed by atoms with van der Waals surface area (Å²) in [4.78, 5) is 20.2. The van der Waals surface area contributed by atoms with Gasteiger partial charge in [0.05, 0.1) is 36.6 Å². The first-order valence-corrected chi connectivity index (χ1v) is 12.8. The van der Waals surface area contributed by atoms with Crippen LogP contribution in [0.4, 0.5) is 0 Å². The van der Waals surface area contributed by atoms with Crippen molar-refractivity contribution >= 4 is 45.9 Å². The molecule has 0 aliphatic heterocycles. The standard InChI is InChI=1S/C27H22ClN5O4S/c1-36-22-10-6-3-7-18(22)25-31-32-27(33(25)17-13-11-16(28)12-14-17)38-15-21(34)23(26(35)37-2)24-29-19-8-4-5-9-20(19)30-24/h3-14,34H,15H2,1-2H3,(H,29,30)/b23-21+. The summed E-state index contributed by atoms with van der Waals surface area (Å²) in [6.45, 7) is 0. The third kappa shape index (κ3) is 4.96. The van der Waals surface area contributed by atoms with Crippen molar-refractivity contribution in [1.82, 2.24) is 24.7 Å². The number of fused-ring (bicyclic) bond motifs is 1. The van der Waals surface area contributed by atoms with Gasteiger partial charge in [-0.25, -0.2) is 9.78 Å². The number of carbonyl (C=O) groups is 1. The van der Waals surface area contributed by atoms with E-state index in [0.29, 0.717) is 27.3 Å². The highest BCUT2D eigenvalue weighted by molar-refractivity contribution is 7.99. The first kappa shape index (κ1) is 25.4. The van der Waals surface area contributed by atoms with Crippen LogP contribution < -0.4 is 4.74 Å². The summed E-state index contributed by atoms with van der Waals surface area (Å²) < 4.78 is 12.3. The van der Waals surface area contributed by atoms with Gasteiger partial charge in [-0.05, 0) is 48.5 Å². The molecular weight excluding hydrogens is 526 g/mol. The van der Waals surface area contributed by atoms with Crippen molar-refractivity contribution in [1.29, 1.82) is 0 Å². The zero-order valence-electron chi connectivity index (χ0n) is 20.4. The number of H-pyrrole nitrogens is 1. The van der Waals surface area contributed by atoms with Crippen LogP contribution in [0.25, 0.3) is 33.7 Å². The van der Waals surface area contributed by atoms with Crippen LogP contribution >= 0.6 is 23.4 Å². The smallest absolute Gasteiger partial charge is 0.345 e. The van der Waals surface area contributed by atoms with Crippen molar-refractivity contribution in [2.75, 3.05) is 20.0 Å². The summed E-state index contributed by atoms with van der Waals surface area (Å²) in [5, 5.41) is 20.9. The van der Waals surface area contributed by atoms with Crippen LogP contribution in [0.15, 0.2) is 83.7 Å². The Balaban J connectivity index is 1.55. The molecule has 0 radical (unpaired) electrons. The fourth-order valence-electron chi connectivity index (χ4n) is 3.92. The molecule has 5 aromatic rings. The molecule has 5 rings (SSSR count). The lowest BCUT2D eigenvalue weighted by molar-refractivity contribution is -0.133. The predicted octanol–water partition coefficient (Wildman–Crippen LogP) is 5.71. The molecule has 0 saturated carbocycles. The minimum absolute atomic E-state index is 0.000867. The Morgan fingerprint density at radius 2 is 1.76 bits per heavy atom. The molecule has 0 bridgehead atoms. The Labute approximate surface area is 227 Å². The van der Waals surface area contributed by atoms with E-state index in [2.05, 4.69) is 20.2 Å². The average Bonchev–Trinajstić information content (AvgIpc) is 3.56. The van der Waals surface area contributed by atoms with E-state index in [-0.39, 0.29) is 22.9 Å². The highest BCUT2D eigenvalue weighted by Gasteiger charge is 2.24. The second kappa shape index (κ2) is 11.0. The average molecular weight is 548 g/mol. The van der Waals surface area contributed by atoms with Gasteiger partial charge in [-0.3, -0.25) is 4.57 Å². The number of rotatable bonds is 8. The highest BCUT2D eigenvalue weighted by Crippen LogP contribution is 2.34. The van der Waals surface area contributed by atoms with Crippen molar-refractivity contribution in [3.63, 3.8) is 0 Å². The van der Waals surface area contributed by atoms with Crippen molar-refractivity contribution in [3.05, 3.63) is 89.4 Å². The molecular formula is C27H22ClN5O4S. The van der Waals surface area contributed by atoms with Gasteiger partial charge in [0.2, 0.25) is 0 Å². The lowest BCUT2D eigenvalue weighted by Gasteiger charge is -2.13. The maximum absolute atomic E-state index is 12.7. The van der Waals surface area contributed by atoms with Gasteiger partial charge in [0, 0.05) is 10.7 Å². The van der Waals surface area contributed by atoms with Crippen molar-refractivity contribution in [2.45, 2.75) is 5.16 Å². The normalized spacial score (nSPS) is 11.9. The number of aliphatic hydroxyl groups is 1. The number of nitrogens with one attached hydrogen (secondary N) is 1. The highest BCUT2D eigenvalue weighted by atomic mass is 35.5. The zero-order chi connectivity index (χ0) is 26.6. The van der Waals surface area contributed by atoms with Gasteiger partial charge in [-0.15, -0.1) is 10.2 Å². The van der Waals surface area contributed by atoms with E-state index < -0.39 is 5.97 Å². The summed E-state index contributed by atoms with van der Waals surface area (Å²) in [6.07, 6.45) is 0. The monoisotopic (exact) mass is 547 g/mol. The van der Waals surface area contributed by atoms with Gasteiger partial charge >= 0.3 is 5.97 Å². The zero-order valence-corrected chi connectivity index (χ0v) is 22.0. The van der Waals surface area contributed by atoms with E-state index in [1.807, 2.05) is 65.2 Å². The molecule has 9 nitrogen and oxygen atoms in total. The number of hydrogen-bond donors (Lipinski definition) is 2. The van der Waals surface area contributed by atoms with Crippen LogP contribution in [-0.2, 0) is 9.53 Å². The molecule has 11 heteroatoms. The van der Waals surface area contributed by atoms with Crippen molar-refractivity contribution in [2.24, 2.45) is 0 Å². The number of nitrogens with zero attached hydrogens (tertiary/aromatic N) is 4. The molecule has 2 N–H and O–H groups in total. The van der Waals surface area contributed by atoms with Crippen LogP contribution in [0.3, 0.4) is 0 Å². The third-order valence-corrected chi connectivity index (χ3v) is 6.90. The Morgan fingerprint density at radius 1 is 1.03 bits per heavy atom. The van der Waals surface area contributed by atoms with Gasteiger partial charge in [0.1, 0.15) is 22.9 Å². The lowest BCUT2D eigenvalue weighted by Crippen LogP contribution is -2.10. The second-order valence-corrected chi connectivity index (χ2v) is 9.40. The Hall–Kier alpha value is -4.28. The molecule has 0 aliphatic carbocycles. The molecule has 2 heterocycles. The largest absolute Gasteiger partial charge is 0.510 e. The minimum Gasteiger partial charge on any atom is -0.510 e. The van der Waals surface area contributed by atoms with Crippen LogP contribution in [0.5, 0.6) is 5.75 Å². The van der Waals surface area contributed by atoms with Gasteiger partial charge in [0.25, 0.3) is 0 Å². The van der Waals surface area contributed by atoms with Crippen LogP contribution in [0, 0.1) is 0 Å². The van der Waals surface area contributed by atoms with Crippen LogP contribution in [-0.4, -0.2) is 55.8 Å². The number of methoxy groups -OCH3 is 2. The molecule has 192 valence electrons. The quantitative estimate of drug-likeness (QED) is 0.110. The maximum Gasteiger partial charge on any atom is 0.345 e. The van der Waals surface area contributed by atoms with E-state index in [9.17, 15) is 9.90 Å². The molecule has 0 unspecified atom stereocenters. The number of aromatic amines is 1. The number of imidazole rings is 1. The van der Waals surface area contributed by atoms with Crippen LogP contribution in [0.1, 0.15) is 5.82 Å². The molecule has 2 aromatic heterocycles. The van der Waals surface area contributed by atoms with Crippen molar-refractivity contribution in [3.8, 4) is 22.8 Å². The molecule has 38 heavy (non-hydrogen) atoms. The van der Waals surface area contributed by atoms with Gasteiger partial charge in [-0.2, -0.15) is 0 Å². The maximum atomic E-state index is 12.7. The summed E-state index contributed by atoms with van der Waals surface area (Å²) in [6, 6.07) is 22.1. The van der Waals surface area contributed by atoms with Gasteiger partial charge < -0.3 is 19.6 Å². The van der Waals surface area contributed by atoms with Crippen molar-refractivity contribution < 1.29 is 19.4 Å². The number of esters is 1. The summed E-state index contributed by atoms with van der Waals surface area (Å²) in [5.41, 5.74) is 2.83. The molecule has 3 aromatic carbocycles. The minimum atomic E-state index is -0.712. The third-order valence-electron chi connectivity index (χ3n) is 5.71. The Morgan fingerprint density at radius 3 is 2.50 bits per heavy atom. The Kier molecular flexibility index (Phi) is 7.34. The number of para-hydroxylation sites is 3. The fourth-order valence-corrected chi connectivity index (χ4v) is 4.88. The number of halogens is 1. The predicted molar refractivity (Wildman–Crippen MR) is 147 cm³/mol. The molecule has 0 atom stereocenters. The summed E-state index contributed by atoms with van der Waals surface area (Å²) in [7, 11) is 2.84. The number of carbonyl (C=O) groups excluding carboxylic acids is 1. The summed E-state index contributed by atoms with van der Waals surface area (Å²) >= 11 is 7.33. The first-order valence-electron chi connectivity index (χ1n) is 11.4.